The Morgan fingerprint density at radius 2 is 1.80 bits per heavy atom. The second kappa shape index (κ2) is 15.5. The van der Waals surface area contributed by atoms with Crippen LogP contribution in [0.5, 0.6) is 5.75 Å². The predicted molar refractivity (Wildman–Crippen MR) is 201 cm³/mol. The topological polar surface area (TPSA) is 190 Å². The average molecular weight is 751 g/mol. The van der Waals surface area contributed by atoms with Gasteiger partial charge in [0.2, 0.25) is 11.8 Å². The smallest absolute Gasteiger partial charge is 0.261 e. The lowest BCUT2D eigenvalue weighted by molar-refractivity contribution is -0.134. The Balaban J connectivity index is 0.859. The number of hydrogen-bond acceptors (Lipinski definition) is 11. The first kappa shape index (κ1) is 36.1. The number of fused-ring (bicyclic) bond motifs is 1. The van der Waals surface area contributed by atoms with Crippen molar-refractivity contribution >= 4 is 51.5 Å². The summed E-state index contributed by atoms with van der Waals surface area (Å²) in [6.45, 7) is 4.93. The first-order valence-corrected chi connectivity index (χ1v) is 18.8. The van der Waals surface area contributed by atoms with Crippen molar-refractivity contribution in [2.45, 2.75) is 50.6 Å². The summed E-state index contributed by atoms with van der Waals surface area (Å²) in [6, 6.07) is 9.28. The molecule has 0 radical (unpaired) electrons. The Bertz CT molecular complexity index is 2140. The van der Waals surface area contributed by atoms with E-state index in [2.05, 4.69) is 35.7 Å². The third-order valence-electron chi connectivity index (χ3n) is 10.8. The van der Waals surface area contributed by atoms with Gasteiger partial charge in [-0.05, 0) is 68.4 Å². The Morgan fingerprint density at radius 3 is 2.53 bits per heavy atom. The minimum absolute atomic E-state index is 0.119. The van der Waals surface area contributed by atoms with Crippen molar-refractivity contribution in [1.82, 2.24) is 35.3 Å². The van der Waals surface area contributed by atoms with Gasteiger partial charge in [0.1, 0.15) is 17.6 Å². The number of rotatable bonds is 12. The number of hydrogen-bond donors (Lipinski definition) is 4. The molecule has 2 aromatic carbocycles. The molecule has 4 fully saturated rings. The number of carbonyl (C=O) groups is 4. The largest absolute Gasteiger partial charge is 0.491 e. The normalized spacial score (nSPS) is 19.9. The molecule has 1 atom stereocenters. The highest BCUT2D eigenvalue weighted by Crippen LogP contribution is 2.36. The highest BCUT2D eigenvalue weighted by Gasteiger charge is 2.33. The molecule has 8 rings (SSSR count). The number of imide groups is 1. The molecule has 1 aliphatic carbocycles. The minimum atomic E-state index is -0.876. The summed E-state index contributed by atoms with van der Waals surface area (Å²) in [6.07, 6.45) is 10.8. The van der Waals surface area contributed by atoms with Gasteiger partial charge in [-0.1, -0.05) is 0 Å². The highest BCUT2D eigenvalue weighted by molar-refractivity contribution is 6.24. The van der Waals surface area contributed by atoms with E-state index >= 15 is 0 Å². The SMILES string of the molecule is N/C=C(/C(=O)Nc1cc2cn(C3CCN(CC4CN(c5ccc(F)c(C(=O)NC6CCC(=O)NC6=O)c5)C4)CC3)nc2cc1OCC1CC1)c1ncccn1. The van der Waals surface area contributed by atoms with E-state index in [9.17, 15) is 23.6 Å². The zero-order chi connectivity index (χ0) is 38.1. The Kier molecular flexibility index (Phi) is 10.1. The van der Waals surface area contributed by atoms with Crippen LogP contribution in [0.4, 0.5) is 15.8 Å². The molecule has 4 aliphatic rings. The van der Waals surface area contributed by atoms with Crippen LogP contribution in [-0.4, -0.2) is 93.6 Å². The van der Waals surface area contributed by atoms with E-state index in [0.29, 0.717) is 29.9 Å². The van der Waals surface area contributed by atoms with E-state index in [0.717, 1.165) is 75.0 Å². The van der Waals surface area contributed by atoms with Crippen molar-refractivity contribution in [3.8, 4) is 5.75 Å². The van der Waals surface area contributed by atoms with Gasteiger partial charge in [0.15, 0.2) is 5.82 Å². The van der Waals surface area contributed by atoms with E-state index in [1.807, 2.05) is 23.0 Å². The van der Waals surface area contributed by atoms with Gasteiger partial charge in [-0.15, -0.1) is 0 Å². The average Bonchev–Trinajstić information content (AvgIpc) is 3.91. The summed E-state index contributed by atoms with van der Waals surface area (Å²) in [7, 11) is 0. The van der Waals surface area contributed by atoms with Gasteiger partial charge in [-0.2, -0.15) is 5.10 Å². The number of likely N-dealkylation sites (tertiary alicyclic amines) is 1. The number of halogens is 1. The van der Waals surface area contributed by atoms with Gasteiger partial charge in [0.05, 0.1) is 35.0 Å². The third-order valence-corrected chi connectivity index (χ3v) is 10.8. The lowest BCUT2D eigenvalue weighted by atomic mass is 9.96. The molecule has 2 aromatic heterocycles. The Hall–Kier alpha value is -5.90. The Morgan fingerprint density at radius 1 is 1.02 bits per heavy atom. The molecule has 15 nitrogen and oxygen atoms in total. The number of nitrogens with zero attached hydrogens (tertiary/aromatic N) is 6. The standard InChI is InChI=1S/C39H43FN10O5/c40-30-5-4-27(15-28(30)37(52)44-31-6-7-35(51)46-39(31)54)49-19-24(20-49)18-48-12-8-26(9-13-48)50-21-25-14-33(34(16-32(25)47-50)55-22-23-2-3-23)45-38(53)29(17-41)36-42-10-1-11-43-36/h1,4-5,10-11,14-17,21,23-24,26,31H,2-3,6-9,12-13,18-20,22,41H2,(H,44,52)(H,45,53)(H,46,51,54)/b29-17+. The van der Waals surface area contributed by atoms with Crippen molar-refractivity contribution in [2.24, 2.45) is 17.6 Å². The van der Waals surface area contributed by atoms with Crippen LogP contribution in [0.1, 0.15) is 60.7 Å². The van der Waals surface area contributed by atoms with Gasteiger partial charge in [0.25, 0.3) is 11.8 Å². The van der Waals surface area contributed by atoms with Crippen LogP contribution in [0.15, 0.2) is 61.2 Å². The fraction of sp³-hybridized carbons (Fsp3) is 0.410. The zero-order valence-corrected chi connectivity index (χ0v) is 30.2. The molecule has 1 saturated carbocycles. The van der Waals surface area contributed by atoms with Crippen LogP contribution in [0.3, 0.4) is 0 Å². The van der Waals surface area contributed by atoms with Crippen LogP contribution in [-0.2, 0) is 14.4 Å². The number of carbonyl (C=O) groups excluding carboxylic acids is 4. The molecule has 55 heavy (non-hydrogen) atoms. The number of amides is 4. The quantitative estimate of drug-likeness (QED) is 0.123. The van der Waals surface area contributed by atoms with Gasteiger partial charge >= 0.3 is 0 Å². The number of aromatic nitrogens is 4. The fourth-order valence-electron chi connectivity index (χ4n) is 7.43. The molecule has 3 aliphatic heterocycles. The summed E-state index contributed by atoms with van der Waals surface area (Å²) in [4.78, 5) is 62.6. The van der Waals surface area contributed by atoms with Crippen molar-refractivity contribution < 1.29 is 28.3 Å². The van der Waals surface area contributed by atoms with Crippen LogP contribution in [0.25, 0.3) is 16.5 Å². The molecule has 16 heteroatoms. The second-order valence-electron chi connectivity index (χ2n) is 14.8. The van der Waals surface area contributed by atoms with Gasteiger partial charge < -0.3 is 30.9 Å². The molecule has 4 amide bonds. The second-order valence-corrected chi connectivity index (χ2v) is 14.8. The fourth-order valence-corrected chi connectivity index (χ4v) is 7.43. The number of piperidine rings is 2. The molecular weight excluding hydrogens is 707 g/mol. The van der Waals surface area contributed by atoms with Crippen molar-refractivity contribution in [2.75, 3.05) is 49.5 Å². The third kappa shape index (κ3) is 8.13. The van der Waals surface area contributed by atoms with E-state index in [1.165, 1.54) is 18.3 Å². The van der Waals surface area contributed by atoms with Crippen LogP contribution in [0.2, 0.25) is 0 Å². The Labute approximate surface area is 316 Å². The summed E-state index contributed by atoms with van der Waals surface area (Å²) in [5.41, 5.74) is 7.92. The molecule has 0 bridgehead atoms. The maximum absolute atomic E-state index is 14.7. The molecule has 5 heterocycles. The van der Waals surface area contributed by atoms with Crippen molar-refractivity contribution in [1.29, 1.82) is 0 Å². The monoisotopic (exact) mass is 750 g/mol. The summed E-state index contributed by atoms with van der Waals surface area (Å²) in [5, 5.41) is 13.6. The summed E-state index contributed by atoms with van der Waals surface area (Å²) in [5.74, 6) is -1.01. The van der Waals surface area contributed by atoms with Gasteiger partial charge in [-0.25, -0.2) is 14.4 Å². The molecule has 5 N–H and O–H groups in total. The van der Waals surface area contributed by atoms with Gasteiger partial charge in [-0.3, -0.25) is 29.2 Å². The lowest BCUT2D eigenvalue weighted by Crippen LogP contribution is -2.53. The van der Waals surface area contributed by atoms with Crippen molar-refractivity contribution in [3.63, 3.8) is 0 Å². The molecular formula is C39H43FN10O5. The molecule has 0 spiro atoms. The maximum Gasteiger partial charge on any atom is 0.261 e. The summed E-state index contributed by atoms with van der Waals surface area (Å²) < 4.78 is 22.9. The van der Waals surface area contributed by atoms with E-state index in [4.69, 9.17) is 15.6 Å². The number of nitrogens with one attached hydrogen (secondary N) is 3. The number of anilines is 2. The first-order valence-electron chi connectivity index (χ1n) is 18.8. The van der Waals surface area contributed by atoms with Crippen LogP contribution >= 0.6 is 0 Å². The number of ether oxygens (including phenoxy) is 1. The maximum atomic E-state index is 14.7. The summed E-state index contributed by atoms with van der Waals surface area (Å²) >= 11 is 0. The number of nitrogens with two attached hydrogens (primary N) is 1. The molecule has 3 saturated heterocycles. The first-order chi connectivity index (χ1) is 26.7. The van der Waals surface area contributed by atoms with Crippen molar-refractivity contribution in [3.05, 3.63) is 78.4 Å². The predicted octanol–water partition coefficient (Wildman–Crippen LogP) is 3.00. The van der Waals surface area contributed by atoms with Crippen LogP contribution < -0.4 is 31.3 Å². The highest BCUT2D eigenvalue weighted by atomic mass is 19.1. The molecule has 4 aromatic rings. The molecule has 1 unspecified atom stereocenters. The molecule has 286 valence electrons. The van der Waals surface area contributed by atoms with Gasteiger partial charge in [0, 0.05) is 87.0 Å². The van der Waals surface area contributed by atoms with E-state index in [1.54, 1.807) is 24.5 Å². The lowest BCUT2D eigenvalue weighted by Gasteiger charge is -2.44. The minimum Gasteiger partial charge on any atom is -0.491 e. The van der Waals surface area contributed by atoms with E-state index < -0.39 is 29.6 Å². The zero-order valence-electron chi connectivity index (χ0n) is 30.2. The van der Waals surface area contributed by atoms with E-state index in [-0.39, 0.29) is 41.8 Å². The van der Waals surface area contributed by atoms with Crippen LogP contribution in [0, 0.1) is 17.7 Å². The number of benzene rings is 2.